The highest BCUT2D eigenvalue weighted by Gasteiger charge is 2.21. The Bertz CT molecular complexity index is 3550. The topological polar surface area (TPSA) is 48.5 Å². The lowest BCUT2D eigenvalue weighted by Crippen LogP contribution is -2.07. The number of rotatable bonds is 7. The molecule has 12 rings (SSSR count). The maximum Gasteiger partial charge on any atom is 0.238 e. The zero-order chi connectivity index (χ0) is 41.0. The Balaban J connectivity index is 1.06. The third kappa shape index (κ3) is 5.98. The lowest BCUT2D eigenvalue weighted by atomic mass is 9.99. The molecule has 0 N–H and O–H groups in total. The molecule has 3 heterocycles. The summed E-state index contributed by atoms with van der Waals surface area (Å²) < 4.78 is 4.55. The normalized spacial score (nSPS) is 11.5. The van der Waals surface area contributed by atoms with Crippen LogP contribution in [0.25, 0.3) is 111 Å². The molecule has 0 atom stereocenters. The highest BCUT2D eigenvalue weighted by atomic mass is 15.2. The van der Waals surface area contributed by atoms with Crippen molar-refractivity contribution in [1.29, 1.82) is 0 Å². The van der Waals surface area contributed by atoms with Crippen molar-refractivity contribution in [3.05, 3.63) is 224 Å². The quantitative estimate of drug-likeness (QED) is 0.162. The molecule has 0 aliphatic carbocycles. The van der Waals surface area contributed by atoms with E-state index in [1.807, 2.05) is 6.07 Å². The van der Waals surface area contributed by atoms with Gasteiger partial charge in [-0.25, -0.2) is 4.98 Å². The average molecular weight is 792 g/mol. The summed E-state index contributed by atoms with van der Waals surface area (Å²) in [6.45, 7) is 0. The van der Waals surface area contributed by atoms with E-state index in [1.165, 1.54) is 21.9 Å². The molecule has 0 saturated heterocycles. The second-order valence-corrected chi connectivity index (χ2v) is 15.6. The van der Waals surface area contributed by atoms with Crippen LogP contribution in [-0.2, 0) is 0 Å². The van der Waals surface area contributed by atoms with Gasteiger partial charge in [-0.15, -0.1) is 0 Å². The maximum atomic E-state index is 5.39. The van der Waals surface area contributed by atoms with E-state index < -0.39 is 0 Å². The summed E-state index contributed by atoms with van der Waals surface area (Å²) in [4.78, 5) is 16.0. The van der Waals surface area contributed by atoms with Crippen molar-refractivity contribution >= 4 is 43.6 Å². The molecule has 0 spiro atoms. The van der Waals surface area contributed by atoms with Crippen LogP contribution in [0.4, 0.5) is 0 Å². The predicted octanol–water partition coefficient (Wildman–Crippen LogP) is 14.4. The first kappa shape index (κ1) is 35.5. The number of nitrogens with zero attached hydrogens (tertiary/aromatic N) is 5. The molecule has 3 aromatic heterocycles. The van der Waals surface area contributed by atoms with Gasteiger partial charge < -0.3 is 4.57 Å². The van der Waals surface area contributed by atoms with Crippen molar-refractivity contribution in [1.82, 2.24) is 24.1 Å². The second kappa shape index (κ2) is 14.7. The van der Waals surface area contributed by atoms with Crippen LogP contribution in [0.15, 0.2) is 224 Å². The molecule has 62 heavy (non-hydrogen) atoms. The third-order valence-corrected chi connectivity index (χ3v) is 12.0. The summed E-state index contributed by atoms with van der Waals surface area (Å²) in [5.41, 5.74) is 14.1. The highest BCUT2D eigenvalue weighted by Crippen LogP contribution is 2.39. The zero-order valence-electron chi connectivity index (χ0n) is 33.6. The Morgan fingerprint density at radius 1 is 0.258 bits per heavy atom. The van der Waals surface area contributed by atoms with Crippen LogP contribution in [0, 0.1) is 0 Å². The first-order chi connectivity index (χ1) is 30.7. The molecule has 0 amide bonds. The summed E-state index contributed by atoms with van der Waals surface area (Å²) in [7, 11) is 0. The van der Waals surface area contributed by atoms with Crippen molar-refractivity contribution in [3.63, 3.8) is 0 Å². The van der Waals surface area contributed by atoms with Gasteiger partial charge in [-0.05, 0) is 69.8 Å². The van der Waals surface area contributed by atoms with E-state index in [9.17, 15) is 0 Å². The number of hydrogen-bond acceptors (Lipinski definition) is 3. The monoisotopic (exact) mass is 791 g/mol. The van der Waals surface area contributed by atoms with Crippen LogP contribution in [0.3, 0.4) is 0 Å². The van der Waals surface area contributed by atoms with E-state index in [2.05, 4.69) is 228 Å². The molecule has 5 nitrogen and oxygen atoms in total. The van der Waals surface area contributed by atoms with E-state index >= 15 is 0 Å². The van der Waals surface area contributed by atoms with Crippen LogP contribution in [0.2, 0.25) is 0 Å². The number of aromatic nitrogens is 5. The molecule has 290 valence electrons. The van der Waals surface area contributed by atoms with Crippen LogP contribution < -0.4 is 0 Å². The minimum atomic E-state index is 0.563. The van der Waals surface area contributed by atoms with Crippen molar-refractivity contribution in [3.8, 4) is 67.8 Å². The molecule has 9 aromatic carbocycles. The number of para-hydroxylation sites is 4. The summed E-state index contributed by atoms with van der Waals surface area (Å²) in [6.07, 6.45) is 0. The molecular weight excluding hydrogens is 755 g/mol. The van der Waals surface area contributed by atoms with Crippen LogP contribution >= 0.6 is 0 Å². The minimum absolute atomic E-state index is 0.563. The minimum Gasteiger partial charge on any atom is -0.308 e. The van der Waals surface area contributed by atoms with Gasteiger partial charge in [0, 0.05) is 32.7 Å². The van der Waals surface area contributed by atoms with Gasteiger partial charge in [0.1, 0.15) is 0 Å². The number of hydrogen-bond donors (Lipinski definition) is 0. The van der Waals surface area contributed by atoms with Crippen LogP contribution in [-0.4, -0.2) is 24.1 Å². The van der Waals surface area contributed by atoms with Gasteiger partial charge in [0.15, 0.2) is 11.6 Å². The predicted molar refractivity (Wildman–Crippen MR) is 256 cm³/mol. The lowest BCUT2D eigenvalue weighted by Gasteiger charge is -2.15. The fourth-order valence-electron chi connectivity index (χ4n) is 9.05. The summed E-state index contributed by atoms with van der Waals surface area (Å²) in [6, 6.07) is 79.3. The first-order valence-electron chi connectivity index (χ1n) is 20.9. The van der Waals surface area contributed by atoms with E-state index in [-0.39, 0.29) is 0 Å². The molecule has 0 unspecified atom stereocenters. The van der Waals surface area contributed by atoms with Crippen molar-refractivity contribution in [2.45, 2.75) is 0 Å². The Morgan fingerprint density at radius 3 is 1.24 bits per heavy atom. The van der Waals surface area contributed by atoms with Crippen LogP contribution in [0.1, 0.15) is 0 Å². The summed E-state index contributed by atoms with van der Waals surface area (Å²) in [5, 5.41) is 4.66. The van der Waals surface area contributed by atoms with Gasteiger partial charge in [0.25, 0.3) is 0 Å². The van der Waals surface area contributed by atoms with Gasteiger partial charge in [-0.2, -0.15) is 9.97 Å². The molecule has 0 aliphatic rings. The molecule has 5 heteroatoms. The van der Waals surface area contributed by atoms with Gasteiger partial charge in [0.2, 0.25) is 5.95 Å². The fourth-order valence-corrected chi connectivity index (χ4v) is 9.05. The smallest absolute Gasteiger partial charge is 0.238 e. The van der Waals surface area contributed by atoms with Gasteiger partial charge >= 0.3 is 0 Å². The Kier molecular flexibility index (Phi) is 8.42. The molecular formula is C57H37N5. The van der Waals surface area contributed by atoms with E-state index in [0.717, 1.165) is 71.9 Å². The Labute approximate surface area is 358 Å². The highest BCUT2D eigenvalue weighted by molar-refractivity contribution is 6.11. The van der Waals surface area contributed by atoms with Crippen molar-refractivity contribution < 1.29 is 0 Å². The molecule has 12 aromatic rings. The zero-order valence-corrected chi connectivity index (χ0v) is 33.6. The SMILES string of the molecule is c1ccc(-c2ccc(-c3ccc4c5ccccc5n(-c5ccccc5-c5nc(-c6ccc(-c7ccccc7)cc6)nc(-n6c7ccccc7c7ccccc76)n5)c4c3)cc2)cc1. The van der Waals surface area contributed by atoms with E-state index in [1.54, 1.807) is 0 Å². The first-order valence-corrected chi connectivity index (χ1v) is 20.9. The Morgan fingerprint density at radius 2 is 0.661 bits per heavy atom. The number of fused-ring (bicyclic) bond motifs is 6. The maximum absolute atomic E-state index is 5.39. The van der Waals surface area contributed by atoms with Crippen molar-refractivity contribution in [2.75, 3.05) is 0 Å². The average Bonchev–Trinajstić information content (AvgIpc) is 3.87. The fraction of sp³-hybridized carbons (Fsp3) is 0. The molecule has 0 radical (unpaired) electrons. The summed E-state index contributed by atoms with van der Waals surface area (Å²) >= 11 is 0. The van der Waals surface area contributed by atoms with Crippen LogP contribution in [0.5, 0.6) is 0 Å². The largest absolute Gasteiger partial charge is 0.308 e. The van der Waals surface area contributed by atoms with Gasteiger partial charge in [-0.3, -0.25) is 4.57 Å². The second-order valence-electron chi connectivity index (χ2n) is 15.6. The van der Waals surface area contributed by atoms with Gasteiger partial charge in [-0.1, -0.05) is 188 Å². The standard InChI is InChI=1S/C57H37N5/c1-3-15-38(16-4-1)40-27-29-42(30-28-40)44-35-36-48-47-21-7-11-23-50(47)61(54(48)37-44)53-26-14-10-22-49(53)56-58-55(43-33-31-41(32-34-43)39-17-5-2-6-18-39)59-57(60-56)62-51-24-12-8-19-45(51)46-20-9-13-25-52(46)62/h1-37H. The van der Waals surface area contributed by atoms with E-state index in [4.69, 9.17) is 15.0 Å². The lowest BCUT2D eigenvalue weighted by molar-refractivity contribution is 0.951. The molecule has 0 bridgehead atoms. The van der Waals surface area contributed by atoms with Gasteiger partial charge in [0.05, 0.1) is 27.8 Å². The van der Waals surface area contributed by atoms with Crippen molar-refractivity contribution in [2.24, 2.45) is 0 Å². The Hall–Kier alpha value is -8.41. The van der Waals surface area contributed by atoms with E-state index in [0.29, 0.717) is 17.6 Å². The third-order valence-electron chi connectivity index (χ3n) is 12.0. The molecule has 0 saturated carbocycles. The number of benzene rings is 9. The molecule has 0 fully saturated rings. The molecule has 0 aliphatic heterocycles. The summed E-state index contributed by atoms with van der Waals surface area (Å²) in [5.74, 6) is 1.76.